The van der Waals surface area contributed by atoms with Crippen molar-refractivity contribution in [3.05, 3.63) is 86.8 Å². The Labute approximate surface area is 187 Å². The quantitative estimate of drug-likeness (QED) is 0.272. The van der Waals surface area contributed by atoms with Crippen molar-refractivity contribution in [3.63, 3.8) is 0 Å². The van der Waals surface area contributed by atoms with Gasteiger partial charge in [-0.15, -0.1) is 11.3 Å². The van der Waals surface area contributed by atoms with Crippen LogP contribution in [0.2, 0.25) is 0 Å². The number of hydrogen-bond donors (Lipinski definition) is 1. The summed E-state index contributed by atoms with van der Waals surface area (Å²) in [4.78, 5) is 17.0. The first-order valence-electron chi connectivity index (χ1n) is 8.42. The molecule has 0 saturated heterocycles. The summed E-state index contributed by atoms with van der Waals surface area (Å²) in [5, 5.41) is 2.95. The van der Waals surface area contributed by atoms with Gasteiger partial charge in [0.15, 0.2) is 4.34 Å². The van der Waals surface area contributed by atoms with Gasteiger partial charge in [0.2, 0.25) is 0 Å². The molecule has 3 nitrogen and oxygen atoms in total. The molecule has 4 aromatic rings. The van der Waals surface area contributed by atoms with Crippen molar-refractivity contribution in [3.8, 4) is 0 Å². The van der Waals surface area contributed by atoms with Gasteiger partial charge in [0.05, 0.1) is 10.2 Å². The molecular weight excluding hydrogens is 520 g/mol. The Balaban J connectivity index is 1.48. The molecule has 140 valence electrons. The molecule has 0 radical (unpaired) electrons. The number of nitrogens with one attached hydrogen (secondary N) is 1. The van der Waals surface area contributed by atoms with Gasteiger partial charge in [0, 0.05) is 25.9 Å². The first kappa shape index (κ1) is 19.6. The average molecular weight is 534 g/mol. The van der Waals surface area contributed by atoms with Crippen LogP contribution in [0.5, 0.6) is 0 Å². The lowest BCUT2D eigenvalue weighted by Gasteiger charge is -2.04. The van der Waals surface area contributed by atoms with Crippen molar-refractivity contribution >= 4 is 76.8 Å². The van der Waals surface area contributed by atoms with Crippen LogP contribution in [0.4, 0.5) is 5.69 Å². The number of carbonyl (C=O) groups excluding carboxylic acids is 1. The smallest absolute Gasteiger partial charge is 0.255 e. The molecule has 3 aromatic carbocycles. The van der Waals surface area contributed by atoms with Crippen LogP contribution in [0.1, 0.15) is 15.9 Å². The molecule has 1 heterocycles. The molecule has 1 aromatic heterocycles. The monoisotopic (exact) mass is 532 g/mol. The molecule has 0 spiro atoms. The number of rotatable bonds is 5. The molecule has 0 saturated carbocycles. The van der Waals surface area contributed by atoms with Crippen molar-refractivity contribution in [1.29, 1.82) is 0 Å². The van der Waals surface area contributed by atoms with Crippen molar-refractivity contribution < 1.29 is 4.79 Å². The van der Waals surface area contributed by atoms with Crippen LogP contribution in [0.15, 0.2) is 80.0 Å². The first-order valence-corrected chi connectivity index (χ1v) is 11.8. The zero-order valence-corrected chi connectivity index (χ0v) is 19.3. The van der Waals surface area contributed by atoms with E-state index in [9.17, 15) is 4.79 Å². The number of thioether (sulfide) groups is 1. The minimum absolute atomic E-state index is 0.112. The lowest BCUT2D eigenvalue weighted by atomic mass is 10.2. The minimum Gasteiger partial charge on any atom is -0.322 e. The highest BCUT2D eigenvalue weighted by Gasteiger charge is 2.10. The van der Waals surface area contributed by atoms with Crippen LogP contribution in [-0.2, 0) is 5.75 Å². The molecule has 28 heavy (non-hydrogen) atoms. The SMILES string of the molecule is O=C(Nc1ccc2nc(SCc3ccc(Br)cc3Br)sc2c1)c1ccccc1. The lowest BCUT2D eigenvalue weighted by Crippen LogP contribution is -2.11. The topological polar surface area (TPSA) is 42.0 Å². The number of amides is 1. The first-order chi connectivity index (χ1) is 13.6. The summed E-state index contributed by atoms with van der Waals surface area (Å²) in [7, 11) is 0. The molecule has 4 rings (SSSR count). The van der Waals surface area contributed by atoms with Crippen LogP contribution in [0.25, 0.3) is 10.2 Å². The Morgan fingerprint density at radius 2 is 1.86 bits per heavy atom. The van der Waals surface area contributed by atoms with Gasteiger partial charge in [-0.05, 0) is 48.0 Å². The molecule has 1 amide bonds. The maximum absolute atomic E-state index is 12.3. The molecule has 0 aliphatic heterocycles. The summed E-state index contributed by atoms with van der Waals surface area (Å²) in [6, 6.07) is 21.2. The van der Waals surface area contributed by atoms with Crippen LogP contribution in [-0.4, -0.2) is 10.9 Å². The number of halogens is 2. The van der Waals surface area contributed by atoms with E-state index in [4.69, 9.17) is 4.98 Å². The van der Waals surface area contributed by atoms with Crippen molar-refractivity contribution in [2.45, 2.75) is 10.1 Å². The number of aromatic nitrogens is 1. The highest BCUT2D eigenvalue weighted by atomic mass is 79.9. The lowest BCUT2D eigenvalue weighted by molar-refractivity contribution is 0.102. The summed E-state index contributed by atoms with van der Waals surface area (Å²) < 4.78 is 4.21. The molecule has 0 aliphatic carbocycles. The normalized spacial score (nSPS) is 10.9. The highest BCUT2D eigenvalue weighted by molar-refractivity contribution is 9.11. The Morgan fingerprint density at radius 3 is 2.64 bits per heavy atom. The largest absolute Gasteiger partial charge is 0.322 e. The van der Waals surface area contributed by atoms with Gasteiger partial charge in [0.25, 0.3) is 5.91 Å². The maximum atomic E-state index is 12.3. The highest BCUT2D eigenvalue weighted by Crippen LogP contribution is 2.34. The number of carbonyl (C=O) groups is 1. The van der Waals surface area contributed by atoms with Crippen LogP contribution >= 0.6 is 55.0 Å². The fraction of sp³-hybridized carbons (Fsp3) is 0.0476. The van der Waals surface area contributed by atoms with Gasteiger partial charge >= 0.3 is 0 Å². The van der Waals surface area contributed by atoms with Gasteiger partial charge in [-0.2, -0.15) is 0 Å². The van der Waals surface area contributed by atoms with E-state index in [1.807, 2.05) is 42.5 Å². The standard InChI is InChI=1S/C21H14Br2N2OS2/c22-15-7-6-14(17(23)10-15)12-27-21-25-18-9-8-16(11-19(18)28-21)24-20(26)13-4-2-1-3-5-13/h1-11H,12H2,(H,24,26). The summed E-state index contributed by atoms with van der Waals surface area (Å²) in [6.45, 7) is 0. The summed E-state index contributed by atoms with van der Waals surface area (Å²) in [6.07, 6.45) is 0. The van der Waals surface area contributed by atoms with E-state index >= 15 is 0 Å². The Kier molecular flexibility index (Phi) is 6.16. The number of benzene rings is 3. The predicted molar refractivity (Wildman–Crippen MR) is 125 cm³/mol. The van der Waals surface area contributed by atoms with E-state index in [2.05, 4.69) is 49.3 Å². The Bertz CT molecular complexity index is 1150. The minimum atomic E-state index is -0.112. The number of anilines is 1. The second kappa shape index (κ2) is 8.78. The van der Waals surface area contributed by atoms with Crippen molar-refractivity contribution in [2.24, 2.45) is 0 Å². The summed E-state index contributed by atoms with van der Waals surface area (Å²) in [5.41, 5.74) is 3.59. The van der Waals surface area contributed by atoms with E-state index in [1.165, 1.54) is 5.56 Å². The third kappa shape index (κ3) is 4.66. The van der Waals surface area contributed by atoms with Crippen molar-refractivity contribution in [2.75, 3.05) is 5.32 Å². The summed E-state index contributed by atoms with van der Waals surface area (Å²) in [5.74, 6) is 0.727. The third-order valence-corrected chi connectivity index (χ3v) is 7.47. The number of hydrogen-bond acceptors (Lipinski definition) is 4. The fourth-order valence-corrected chi connectivity index (χ4v) is 6.10. The van der Waals surface area contributed by atoms with Crippen LogP contribution in [0.3, 0.4) is 0 Å². The molecule has 7 heteroatoms. The Hall–Kier alpha value is -1.67. The van der Waals surface area contributed by atoms with Gasteiger partial charge in [-0.3, -0.25) is 4.79 Å². The molecular formula is C21H14Br2N2OS2. The Morgan fingerprint density at radius 1 is 1.04 bits per heavy atom. The number of fused-ring (bicyclic) bond motifs is 1. The molecule has 0 bridgehead atoms. The van der Waals surface area contributed by atoms with Crippen LogP contribution in [0, 0.1) is 0 Å². The molecule has 0 aliphatic rings. The third-order valence-electron chi connectivity index (χ3n) is 4.03. The van der Waals surface area contributed by atoms with Gasteiger partial charge in [0.1, 0.15) is 0 Å². The van der Waals surface area contributed by atoms with Gasteiger partial charge in [-0.1, -0.05) is 67.9 Å². The second-order valence-corrected chi connectivity index (χ2v) is 10.0. The van der Waals surface area contributed by atoms with Crippen molar-refractivity contribution in [1.82, 2.24) is 4.98 Å². The van der Waals surface area contributed by atoms with E-state index in [1.54, 1.807) is 35.2 Å². The summed E-state index contributed by atoms with van der Waals surface area (Å²) >= 11 is 10.4. The maximum Gasteiger partial charge on any atom is 0.255 e. The average Bonchev–Trinajstić information content (AvgIpc) is 3.10. The van der Waals surface area contributed by atoms with Gasteiger partial charge in [-0.25, -0.2) is 4.98 Å². The van der Waals surface area contributed by atoms with E-state index in [-0.39, 0.29) is 5.91 Å². The molecule has 1 N–H and O–H groups in total. The predicted octanol–water partition coefficient (Wildman–Crippen LogP) is 7.37. The zero-order valence-electron chi connectivity index (χ0n) is 14.5. The molecule has 0 unspecified atom stereocenters. The zero-order chi connectivity index (χ0) is 19.5. The number of thiazole rings is 1. The van der Waals surface area contributed by atoms with E-state index < -0.39 is 0 Å². The van der Waals surface area contributed by atoms with E-state index in [0.29, 0.717) is 5.56 Å². The second-order valence-electron chi connectivity index (χ2n) is 6.01. The van der Waals surface area contributed by atoms with E-state index in [0.717, 1.165) is 34.9 Å². The molecule has 0 fully saturated rings. The van der Waals surface area contributed by atoms with Crippen LogP contribution < -0.4 is 5.32 Å². The number of nitrogens with zero attached hydrogens (tertiary/aromatic N) is 1. The van der Waals surface area contributed by atoms with Gasteiger partial charge < -0.3 is 5.32 Å². The fourth-order valence-electron chi connectivity index (χ4n) is 2.61. The molecule has 0 atom stereocenters.